The highest BCUT2D eigenvalue weighted by Gasteiger charge is 2.04. The molecule has 0 aliphatic heterocycles. The maximum atomic E-state index is 13.7. The molecule has 0 heterocycles. The second-order valence-corrected chi connectivity index (χ2v) is 8.42. The fraction of sp³-hybridized carbons (Fsp3) is 0.533. The van der Waals surface area contributed by atoms with Crippen LogP contribution in [0, 0.1) is 5.82 Å². The maximum absolute atomic E-state index is 13.7. The third-order valence-corrected chi connectivity index (χ3v) is 4.66. The molecule has 0 aliphatic rings. The van der Waals surface area contributed by atoms with E-state index >= 15 is 0 Å². The Balaban J connectivity index is 0.00000529. The molecule has 0 fully saturated rings. The lowest BCUT2D eigenvalue weighted by Gasteiger charge is -2.11. The van der Waals surface area contributed by atoms with Gasteiger partial charge in [0.15, 0.2) is 5.96 Å². The molecule has 0 unspecified atom stereocenters. The van der Waals surface area contributed by atoms with Gasteiger partial charge in [0, 0.05) is 30.9 Å². The van der Waals surface area contributed by atoms with Gasteiger partial charge in [-0.2, -0.15) is 0 Å². The highest BCUT2D eigenvalue weighted by Crippen LogP contribution is 2.16. The minimum Gasteiger partial charge on any atom is -0.356 e. The molecule has 0 atom stereocenters. The van der Waals surface area contributed by atoms with Gasteiger partial charge in [0.25, 0.3) is 0 Å². The van der Waals surface area contributed by atoms with Crippen molar-refractivity contribution in [3.63, 3.8) is 0 Å². The van der Waals surface area contributed by atoms with E-state index in [1.165, 1.54) is 12.3 Å². The largest absolute Gasteiger partial charge is 0.356 e. The van der Waals surface area contributed by atoms with Crippen LogP contribution in [0.25, 0.3) is 0 Å². The Hall–Kier alpha value is -0.420. The molecular weight excluding hydrogens is 512 g/mol. The number of guanidine groups is 1. The zero-order valence-electron chi connectivity index (χ0n) is 13.8. The number of nitrogens with zero attached hydrogens (tertiary/aromatic N) is 1. The molecule has 0 amide bonds. The first-order valence-electron chi connectivity index (χ1n) is 7.38. The number of rotatable bonds is 8. The molecule has 5 nitrogen and oxygen atoms in total. The molecule has 1 aromatic carbocycles. The molecule has 0 radical (unpaired) electrons. The highest BCUT2D eigenvalue weighted by atomic mass is 127. The molecule has 0 saturated carbocycles. The van der Waals surface area contributed by atoms with E-state index in [1.807, 2.05) is 6.07 Å². The number of nitrogens with one attached hydrogen (secondary N) is 2. The van der Waals surface area contributed by atoms with Gasteiger partial charge in [0.1, 0.15) is 15.7 Å². The van der Waals surface area contributed by atoms with Crippen LogP contribution in [-0.2, 0) is 16.3 Å². The minimum atomic E-state index is -2.93. The summed E-state index contributed by atoms with van der Waals surface area (Å²) in [5.41, 5.74) is 0.686. The summed E-state index contributed by atoms with van der Waals surface area (Å²) in [7, 11) is -1.27. The number of benzene rings is 1. The lowest BCUT2D eigenvalue weighted by atomic mass is 10.1. The maximum Gasteiger partial charge on any atom is 0.190 e. The van der Waals surface area contributed by atoms with Crippen LogP contribution in [0.2, 0.25) is 0 Å². The summed E-state index contributed by atoms with van der Waals surface area (Å²) in [6.45, 7) is 1.19. The van der Waals surface area contributed by atoms with Crippen LogP contribution >= 0.6 is 39.9 Å². The summed E-state index contributed by atoms with van der Waals surface area (Å²) in [5, 5.41) is 6.18. The van der Waals surface area contributed by atoms with Gasteiger partial charge >= 0.3 is 0 Å². The van der Waals surface area contributed by atoms with Gasteiger partial charge in [0.05, 0.1) is 5.75 Å². The fourth-order valence-corrected chi connectivity index (χ4v) is 2.97. The number of hydrogen-bond acceptors (Lipinski definition) is 3. The lowest BCUT2D eigenvalue weighted by molar-refractivity contribution is 0.597. The summed E-state index contributed by atoms with van der Waals surface area (Å²) in [6, 6.07) is 5.07. The molecular formula is C15H24BrFIN3O2S. The Labute approximate surface area is 169 Å². The molecule has 0 aromatic heterocycles. The zero-order valence-corrected chi connectivity index (χ0v) is 18.5. The minimum absolute atomic E-state index is 0. The number of sulfone groups is 1. The number of halogens is 3. The van der Waals surface area contributed by atoms with Crippen LogP contribution in [0.4, 0.5) is 4.39 Å². The van der Waals surface area contributed by atoms with Gasteiger partial charge in [0.2, 0.25) is 0 Å². The van der Waals surface area contributed by atoms with Crippen LogP contribution in [0.15, 0.2) is 27.7 Å². The van der Waals surface area contributed by atoms with E-state index in [1.54, 1.807) is 13.1 Å². The van der Waals surface area contributed by atoms with Crippen molar-refractivity contribution in [1.82, 2.24) is 10.6 Å². The highest BCUT2D eigenvalue weighted by molar-refractivity contribution is 14.0. The number of aliphatic imine (C=N–C) groups is 1. The van der Waals surface area contributed by atoms with E-state index < -0.39 is 9.84 Å². The molecule has 0 spiro atoms. The van der Waals surface area contributed by atoms with E-state index in [2.05, 4.69) is 31.6 Å². The van der Waals surface area contributed by atoms with Gasteiger partial charge < -0.3 is 10.6 Å². The number of hydrogen-bond donors (Lipinski definition) is 2. The molecule has 9 heteroatoms. The molecule has 0 bridgehead atoms. The van der Waals surface area contributed by atoms with Crippen molar-refractivity contribution in [1.29, 1.82) is 0 Å². The van der Waals surface area contributed by atoms with Crippen molar-refractivity contribution >= 4 is 55.7 Å². The quantitative estimate of drug-likeness (QED) is 0.232. The summed E-state index contributed by atoms with van der Waals surface area (Å²) >= 11 is 3.23. The Kier molecular flexibility index (Phi) is 11.8. The van der Waals surface area contributed by atoms with Crippen molar-refractivity contribution in [2.45, 2.75) is 19.3 Å². The van der Waals surface area contributed by atoms with E-state index in [4.69, 9.17) is 0 Å². The van der Waals surface area contributed by atoms with Crippen molar-refractivity contribution in [3.05, 3.63) is 34.1 Å². The van der Waals surface area contributed by atoms with E-state index in [9.17, 15) is 12.8 Å². The van der Waals surface area contributed by atoms with Crippen molar-refractivity contribution < 1.29 is 12.8 Å². The monoisotopic (exact) mass is 535 g/mol. The van der Waals surface area contributed by atoms with Gasteiger partial charge in [-0.15, -0.1) is 24.0 Å². The van der Waals surface area contributed by atoms with Crippen molar-refractivity contribution in [2.24, 2.45) is 4.99 Å². The Morgan fingerprint density at radius 2 is 1.88 bits per heavy atom. The Bertz CT molecular complexity index is 642. The van der Waals surface area contributed by atoms with Crippen LogP contribution in [0.5, 0.6) is 0 Å². The third-order valence-electron chi connectivity index (χ3n) is 3.14. The van der Waals surface area contributed by atoms with Crippen LogP contribution in [0.3, 0.4) is 0 Å². The molecule has 0 aliphatic carbocycles. The first-order valence-corrected chi connectivity index (χ1v) is 10.2. The molecule has 0 saturated heterocycles. The Morgan fingerprint density at radius 3 is 2.42 bits per heavy atom. The van der Waals surface area contributed by atoms with E-state index in [0.717, 1.165) is 10.9 Å². The molecule has 1 aromatic rings. The standard InChI is InChI=1S/C15H23BrFN3O2S.HI/c1-18-15(20-9-4-10-23(2,21)22)19-8-3-5-12-6-7-13(16)11-14(12)17;/h6-7,11H,3-5,8-10H2,1-2H3,(H2,18,19,20);1H. The van der Waals surface area contributed by atoms with Crippen LogP contribution in [-0.4, -0.2) is 46.5 Å². The second kappa shape index (κ2) is 12.0. The zero-order chi connectivity index (χ0) is 17.3. The van der Waals surface area contributed by atoms with Gasteiger partial charge in [-0.25, -0.2) is 12.8 Å². The van der Waals surface area contributed by atoms with Gasteiger partial charge in [-0.1, -0.05) is 22.0 Å². The van der Waals surface area contributed by atoms with Crippen molar-refractivity contribution in [3.8, 4) is 0 Å². The Morgan fingerprint density at radius 1 is 1.25 bits per heavy atom. The van der Waals surface area contributed by atoms with Crippen LogP contribution < -0.4 is 10.6 Å². The van der Waals surface area contributed by atoms with Crippen molar-refractivity contribution in [2.75, 3.05) is 32.1 Å². The van der Waals surface area contributed by atoms with Gasteiger partial charge in [-0.3, -0.25) is 4.99 Å². The average molecular weight is 536 g/mol. The molecule has 1 rings (SSSR count). The average Bonchev–Trinajstić information content (AvgIpc) is 2.46. The first-order chi connectivity index (χ1) is 10.8. The van der Waals surface area contributed by atoms with E-state index in [0.29, 0.717) is 37.5 Å². The molecule has 24 heavy (non-hydrogen) atoms. The normalized spacial score (nSPS) is 11.8. The fourth-order valence-electron chi connectivity index (χ4n) is 1.97. The molecule has 2 N–H and O–H groups in total. The topological polar surface area (TPSA) is 70.6 Å². The summed E-state index contributed by atoms with van der Waals surface area (Å²) in [5.74, 6) is 0.567. The number of aryl methyl sites for hydroxylation is 1. The summed E-state index contributed by atoms with van der Waals surface area (Å²) in [6.07, 6.45) is 3.16. The smallest absolute Gasteiger partial charge is 0.190 e. The summed E-state index contributed by atoms with van der Waals surface area (Å²) in [4.78, 5) is 4.06. The second-order valence-electron chi connectivity index (χ2n) is 5.25. The lowest BCUT2D eigenvalue weighted by Crippen LogP contribution is -2.38. The van der Waals surface area contributed by atoms with E-state index in [-0.39, 0.29) is 35.5 Å². The summed E-state index contributed by atoms with van der Waals surface area (Å²) < 4.78 is 36.5. The third kappa shape index (κ3) is 10.4. The SMILES string of the molecule is CN=C(NCCCc1ccc(Br)cc1F)NCCCS(C)(=O)=O.I. The predicted octanol–water partition coefficient (Wildman–Crippen LogP) is 2.74. The van der Waals surface area contributed by atoms with Gasteiger partial charge in [-0.05, 0) is 37.0 Å². The first kappa shape index (κ1) is 23.6. The van der Waals surface area contributed by atoms with Crippen LogP contribution in [0.1, 0.15) is 18.4 Å². The molecule has 138 valence electrons. The predicted molar refractivity (Wildman–Crippen MR) is 112 cm³/mol.